The summed E-state index contributed by atoms with van der Waals surface area (Å²) in [5.41, 5.74) is 1.03. The van der Waals surface area contributed by atoms with Gasteiger partial charge in [-0.15, -0.1) is 0 Å². The van der Waals surface area contributed by atoms with Gasteiger partial charge in [-0.05, 0) is 35.7 Å². The zero-order valence-corrected chi connectivity index (χ0v) is 11.3. The molecule has 2 aromatic carbocycles. The molecule has 3 heteroatoms. The van der Waals surface area contributed by atoms with Gasteiger partial charge in [0.05, 0.1) is 12.3 Å². The van der Waals surface area contributed by atoms with Crippen LogP contribution < -0.4 is 5.32 Å². The van der Waals surface area contributed by atoms with E-state index < -0.39 is 0 Å². The van der Waals surface area contributed by atoms with Crippen LogP contribution in [0.25, 0.3) is 10.8 Å². The Morgan fingerprint density at radius 1 is 1.05 bits per heavy atom. The molecular formula is C17H16FNO. The molecule has 0 aliphatic rings. The van der Waals surface area contributed by atoms with Gasteiger partial charge in [-0.3, -0.25) is 0 Å². The summed E-state index contributed by atoms with van der Waals surface area (Å²) in [6, 6.07) is 14.6. The fourth-order valence-corrected chi connectivity index (χ4v) is 2.56. The second-order valence-electron chi connectivity index (χ2n) is 4.69. The highest BCUT2D eigenvalue weighted by molar-refractivity contribution is 5.87. The SMILES string of the molecule is CCNC(c1ccco1)c1ccc(F)c2ccccc12. The molecule has 1 heterocycles. The first-order valence-corrected chi connectivity index (χ1v) is 6.75. The van der Waals surface area contributed by atoms with Crippen LogP contribution in [0.5, 0.6) is 0 Å². The van der Waals surface area contributed by atoms with Crippen LogP contribution in [0, 0.1) is 5.82 Å². The van der Waals surface area contributed by atoms with Crippen LogP contribution >= 0.6 is 0 Å². The Hall–Kier alpha value is -2.13. The number of benzene rings is 2. The quantitative estimate of drug-likeness (QED) is 0.765. The Morgan fingerprint density at radius 3 is 2.55 bits per heavy atom. The van der Waals surface area contributed by atoms with Crippen LogP contribution in [0.3, 0.4) is 0 Å². The molecule has 1 unspecified atom stereocenters. The summed E-state index contributed by atoms with van der Waals surface area (Å²) in [5, 5.41) is 4.95. The lowest BCUT2D eigenvalue weighted by Crippen LogP contribution is -2.21. The Labute approximate surface area is 117 Å². The maximum absolute atomic E-state index is 13.9. The van der Waals surface area contributed by atoms with Crippen LogP contribution in [0.15, 0.2) is 59.2 Å². The molecule has 0 aliphatic carbocycles. The molecule has 0 radical (unpaired) electrons. The highest BCUT2D eigenvalue weighted by Gasteiger charge is 2.19. The summed E-state index contributed by atoms with van der Waals surface area (Å²) < 4.78 is 19.4. The standard InChI is InChI=1S/C17H16FNO/c1-2-19-17(16-8-5-11-20-16)14-9-10-15(18)13-7-4-3-6-12(13)14/h3-11,17,19H,2H2,1H3. The van der Waals surface area contributed by atoms with Gasteiger partial charge in [-0.1, -0.05) is 37.3 Å². The summed E-state index contributed by atoms with van der Waals surface area (Å²) >= 11 is 0. The van der Waals surface area contributed by atoms with Gasteiger partial charge in [-0.25, -0.2) is 4.39 Å². The zero-order valence-electron chi connectivity index (χ0n) is 11.3. The van der Waals surface area contributed by atoms with Gasteiger partial charge in [0.25, 0.3) is 0 Å². The summed E-state index contributed by atoms with van der Waals surface area (Å²) in [6.45, 7) is 2.85. The maximum atomic E-state index is 13.9. The first-order chi connectivity index (χ1) is 9.81. The summed E-state index contributed by atoms with van der Waals surface area (Å²) in [4.78, 5) is 0. The molecule has 0 fully saturated rings. The van der Waals surface area contributed by atoms with E-state index in [4.69, 9.17) is 4.42 Å². The first-order valence-electron chi connectivity index (χ1n) is 6.75. The minimum absolute atomic E-state index is 0.0690. The summed E-state index contributed by atoms with van der Waals surface area (Å²) in [6.07, 6.45) is 1.66. The molecule has 1 N–H and O–H groups in total. The Bertz CT molecular complexity index is 706. The zero-order chi connectivity index (χ0) is 13.9. The second kappa shape index (κ2) is 5.47. The van der Waals surface area contributed by atoms with Crippen molar-refractivity contribution in [2.75, 3.05) is 6.54 Å². The summed E-state index contributed by atoms with van der Waals surface area (Å²) in [7, 11) is 0. The third-order valence-electron chi connectivity index (χ3n) is 3.45. The highest BCUT2D eigenvalue weighted by atomic mass is 19.1. The van der Waals surface area contributed by atoms with Crippen LogP contribution in [-0.4, -0.2) is 6.54 Å². The molecule has 0 saturated carbocycles. The largest absolute Gasteiger partial charge is 0.467 e. The normalized spacial score (nSPS) is 12.7. The number of furan rings is 1. The van der Waals surface area contributed by atoms with Crippen molar-refractivity contribution in [2.24, 2.45) is 0 Å². The van der Waals surface area contributed by atoms with Crippen LogP contribution in [-0.2, 0) is 0 Å². The van der Waals surface area contributed by atoms with Gasteiger partial charge < -0.3 is 9.73 Å². The van der Waals surface area contributed by atoms with E-state index in [0.717, 1.165) is 23.3 Å². The van der Waals surface area contributed by atoms with Gasteiger partial charge in [0.1, 0.15) is 11.6 Å². The average Bonchev–Trinajstić information content (AvgIpc) is 3.00. The molecule has 1 atom stereocenters. The van der Waals surface area contributed by atoms with Crippen LogP contribution in [0.4, 0.5) is 4.39 Å². The van der Waals surface area contributed by atoms with Gasteiger partial charge in [-0.2, -0.15) is 0 Å². The van der Waals surface area contributed by atoms with E-state index in [1.807, 2.05) is 43.3 Å². The minimum atomic E-state index is -0.195. The van der Waals surface area contributed by atoms with Crippen molar-refractivity contribution in [3.63, 3.8) is 0 Å². The van der Waals surface area contributed by atoms with Gasteiger partial charge >= 0.3 is 0 Å². The van der Waals surface area contributed by atoms with E-state index in [-0.39, 0.29) is 11.9 Å². The van der Waals surface area contributed by atoms with Crippen molar-refractivity contribution in [3.8, 4) is 0 Å². The van der Waals surface area contributed by atoms with Crippen LogP contribution in [0.1, 0.15) is 24.3 Å². The topological polar surface area (TPSA) is 25.2 Å². The predicted octanol–water partition coefficient (Wildman–Crippen LogP) is 4.27. The van der Waals surface area contributed by atoms with E-state index in [1.54, 1.807) is 12.3 Å². The minimum Gasteiger partial charge on any atom is -0.467 e. The van der Waals surface area contributed by atoms with E-state index in [1.165, 1.54) is 6.07 Å². The second-order valence-corrected chi connectivity index (χ2v) is 4.69. The number of hydrogen-bond donors (Lipinski definition) is 1. The third kappa shape index (κ3) is 2.21. The molecule has 2 nitrogen and oxygen atoms in total. The number of rotatable bonds is 4. The molecule has 0 amide bonds. The van der Waals surface area contributed by atoms with Gasteiger partial charge in [0.15, 0.2) is 0 Å². The van der Waals surface area contributed by atoms with Crippen molar-refractivity contribution < 1.29 is 8.81 Å². The molecule has 0 saturated heterocycles. The summed E-state index contributed by atoms with van der Waals surface area (Å²) in [5.74, 6) is 0.641. The average molecular weight is 269 g/mol. The predicted molar refractivity (Wildman–Crippen MR) is 78.1 cm³/mol. The molecule has 1 aromatic heterocycles. The molecule has 3 rings (SSSR count). The fourth-order valence-electron chi connectivity index (χ4n) is 2.56. The smallest absolute Gasteiger partial charge is 0.131 e. The number of halogens is 1. The van der Waals surface area contributed by atoms with Crippen molar-refractivity contribution in [2.45, 2.75) is 13.0 Å². The van der Waals surface area contributed by atoms with E-state index in [9.17, 15) is 4.39 Å². The molecule has 0 bridgehead atoms. The lowest BCUT2D eigenvalue weighted by Gasteiger charge is -2.18. The van der Waals surface area contributed by atoms with Crippen molar-refractivity contribution in [1.29, 1.82) is 0 Å². The Balaban J connectivity index is 2.19. The number of fused-ring (bicyclic) bond motifs is 1. The number of nitrogens with one attached hydrogen (secondary N) is 1. The van der Waals surface area contributed by atoms with Crippen molar-refractivity contribution >= 4 is 10.8 Å². The Morgan fingerprint density at radius 2 is 1.85 bits per heavy atom. The van der Waals surface area contributed by atoms with Crippen LogP contribution in [0.2, 0.25) is 0 Å². The number of hydrogen-bond acceptors (Lipinski definition) is 2. The van der Waals surface area contributed by atoms with E-state index in [2.05, 4.69) is 5.32 Å². The Kier molecular flexibility index (Phi) is 3.52. The lowest BCUT2D eigenvalue weighted by molar-refractivity contribution is 0.453. The molecule has 102 valence electrons. The molecule has 3 aromatic rings. The van der Waals surface area contributed by atoms with Gasteiger partial charge in [0.2, 0.25) is 0 Å². The third-order valence-corrected chi connectivity index (χ3v) is 3.45. The fraction of sp³-hybridized carbons (Fsp3) is 0.176. The molecule has 20 heavy (non-hydrogen) atoms. The molecule has 0 spiro atoms. The van der Waals surface area contributed by atoms with Gasteiger partial charge in [0, 0.05) is 5.39 Å². The first kappa shape index (κ1) is 12.9. The monoisotopic (exact) mass is 269 g/mol. The highest BCUT2D eigenvalue weighted by Crippen LogP contribution is 2.30. The maximum Gasteiger partial charge on any atom is 0.131 e. The van der Waals surface area contributed by atoms with Crippen molar-refractivity contribution in [1.82, 2.24) is 5.32 Å². The molecule has 0 aliphatic heterocycles. The van der Waals surface area contributed by atoms with E-state index in [0.29, 0.717) is 5.39 Å². The lowest BCUT2D eigenvalue weighted by atomic mass is 9.97. The van der Waals surface area contributed by atoms with Crippen molar-refractivity contribution in [3.05, 3.63) is 71.9 Å². The molecular weight excluding hydrogens is 253 g/mol. The van der Waals surface area contributed by atoms with E-state index >= 15 is 0 Å².